The molecule has 1 rings (SSSR count). The van der Waals surface area contributed by atoms with Crippen LogP contribution in [0.4, 0.5) is 9.59 Å². The van der Waals surface area contributed by atoms with Crippen molar-refractivity contribution in [3.8, 4) is 30.4 Å². The van der Waals surface area contributed by atoms with Gasteiger partial charge in [0.2, 0.25) is 0 Å². The number of pyridine rings is 1. The molecular weight excluding hydrogens is 414 g/mol. The zero-order valence-corrected chi connectivity index (χ0v) is 19.3. The number of terminal acetylenes is 2. The molecule has 0 fully saturated rings. The van der Waals surface area contributed by atoms with Gasteiger partial charge < -0.3 is 24.1 Å². The molecule has 0 unspecified atom stereocenters. The normalized spacial score (nSPS) is 11.1. The maximum absolute atomic E-state index is 12.0. The van der Waals surface area contributed by atoms with Crippen molar-refractivity contribution in [2.24, 2.45) is 10.8 Å². The standard InChI is InChI=1S/C24H31NO7/c1-8-10-23(4,5)15-31-21(27)29-13-18-12-25-17(3)20(26)19(18)14-30-22(28)32-16-24(6,7)11-9-2/h1-2,12,26H,10-11,13-16H2,3-7H3. The maximum atomic E-state index is 12.0. The summed E-state index contributed by atoms with van der Waals surface area (Å²) in [6.45, 7) is 8.67. The van der Waals surface area contributed by atoms with E-state index in [1.165, 1.54) is 6.20 Å². The lowest BCUT2D eigenvalue weighted by atomic mass is 9.91. The van der Waals surface area contributed by atoms with Crippen molar-refractivity contribution in [2.45, 2.75) is 60.7 Å². The number of nitrogens with zero attached hydrogens (tertiary/aromatic N) is 1. The van der Waals surface area contributed by atoms with E-state index in [0.717, 1.165) is 0 Å². The predicted octanol–water partition coefficient (Wildman–Crippen LogP) is 4.50. The van der Waals surface area contributed by atoms with E-state index in [2.05, 4.69) is 16.8 Å². The van der Waals surface area contributed by atoms with Crippen LogP contribution >= 0.6 is 0 Å². The third kappa shape index (κ3) is 9.18. The number of hydrogen-bond donors (Lipinski definition) is 1. The van der Waals surface area contributed by atoms with Gasteiger partial charge in [-0.05, 0) is 6.92 Å². The van der Waals surface area contributed by atoms with Gasteiger partial charge in [-0.15, -0.1) is 24.7 Å². The van der Waals surface area contributed by atoms with Crippen molar-refractivity contribution in [1.29, 1.82) is 0 Å². The van der Waals surface area contributed by atoms with Gasteiger partial charge >= 0.3 is 12.3 Å². The predicted molar refractivity (Wildman–Crippen MR) is 117 cm³/mol. The van der Waals surface area contributed by atoms with Gasteiger partial charge in [-0.2, -0.15) is 0 Å². The second-order valence-electron chi connectivity index (χ2n) is 8.94. The Bertz CT molecular complexity index is 891. The number of aryl methyl sites for hydroxylation is 1. The van der Waals surface area contributed by atoms with Gasteiger partial charge in [0, 0.05) is 41.0 Å². The van der Waals surface area contributed by atoms with Gasteiger partial charge in [0.25, 0.3) is 0 Å². The van der Waals surface area contributed by atoms with E-state index >= 15 is 0 Å². The zero-order chi connectivity index (χ0) is 24.4. The Labute approximate surface area is 189 Å². The number of carbonyl (C=O) groups excluding carboxylic acids is 2. The Morgan fingerprint density at radius 1 is 0.938 bits per heavy atom. The van der Waals surface area contributed by atoms with E-state index in [0.29, 0.717) is 24.1 Å². The fourth-order valence-corrected chi connectivity index (χ4v) is 2.48. The van der Waals surface area contributed by atoms with Crippen LogP contribution in [0.5, 0.6) is 5.75 Å². The minimum absolute atomic E-state index is 0.0786. The average molecular weight is 446 g/mol. The lowest BCUT2D eigenvalue weighted by Gasteiger charge is -2.21. The van der Waals surface area contributed by atoms with E-state index in [4.69, 9.17) is 31.8 Å². The van der Waals surface area contributed by atoms with Gasteiger partial charge in [0.1, 0.15) is 32.2 Å². The van der Waals surface area contributed by atoms with Crippen LogP contribution in [-0.2, 0) is 32.2 Å². The Morgan fingerprint density at radius 2 is 1.41 bits per heavy atom. The van der Waals surface area contributed by atoms with E-state index in [1.54, 1.807) is 6.92 Å². The molecule has 0 aliphatic heterocycles. The first-order valence-corrected chi connectivity index (χ1v) is 10.0. The molecule has 0 bridgehead atoms. The van der Waals surface area contributed by atoms with Gasteiger partial charge in [0.15, 0.2) is 0 Å². The summed E-state index contributed by atoms with van der Waals surface area (Å²) in [5.74, 6) is 4.88. The van der Waals surface area contributed by atoms with Gasteiger partial charge in [-0.25, -0.2) is 9.59 Å². The van der Waals surface area contributed by atoms with Crippen LogP contribution in [0.1, 0.15) is 57.4 Å². The number of aromatic hydroxyl groups is 1. The zero-order valence-electron chi connectivity index (χ0n) is 19.3. The second kappa shape index (κ2) is 11.9. The number of hydrogen-bond acceptors (Lipinski definition) is 8. The lowest BCUT2D eigenvalue weighted by Crippen LogP contribution is -2.22. The molecule has 0 radical (unpaired) electrons. The molecule has 1 aromatic heterocycles. The summed E-state index contributed by atoms with van der Waals surface area (Å²) < 4.78 is 20.4. The SMILES string of the molecule is C#CCC(C)(C)COC(=O)OCc1cnc(C)c(O)c1COC(=O)OCC(C)(C)CC#C. The van der Waals surface area contributed by atoms with Gasteiger partial charge in [-0.3, -0.25) is 4.98 Å². The van der Waals surface area contributed by atoms with Crippen molar-refractivity contribution in [1.82, 2.24) is 4.98 Å². The molecule has 0 atom stereocenters. The fourth-order valence-electron chi connectivity index (χ4n) is 2.48. The number of aromatic nitrogens is 1. The van der Waals surface area contributed by atoms with Crippen LogP contribution in [0.2, 0.25) is 0 Å². The largest absolute Gasteiger partial charge is 0.508 e. The summed E-state index contributed by atoms with van der Waals surface area (Å²) in [6.07, 6.45) is 11.1. The average Bonchev–Trinajstić information content (AvgIpc) is 2.71. The van der Waals surface area contributed by atoms with Crippen molar-refractivity contribution >= 4 is 12.3 Å². The molecule has 0 amide bonds. The van der Waals surface area contributed by atoms with E-state index in [-0.39, 0.29) is 43.2 Å². The van der Waals surface area contributed by atoms with Crippen LogP contribution in [0.25, 0.3) is 0 Å². The van der Waals surface area contributed by atoms with Gasteiger partial charge in [0.05, 0.1) is 5.69 Å². The molecule has 8 nitrogen and oxygen atoms in total. The van der Waals surface area contributed by atoms with Crippen molar-refractivity contribution in [2.75, 3.05) is 13.2 Å². The molecule has 1 aromatic rings. The third-order valence-electron chi connectivity index (χ3n) is 4.43. The molecule has 174 valence electrons. The molecule has 0 spiro atoms. The van der Waals surface area contributed by atoms with E-state index in [1.807, 2.05) is 27.7 Å². The lowest BCUT2D eigenvalue weighted by molar-refractivity contribution is 0.0216. The smallest absolute Gasteiger partial charge is 0.506 e. The molecule has 1 heterocycles. The van der Waals surface area contributed by atoms with Crippen LogP contribution in [0.15, 0.2) is 6.20 Å². The first kappa shape index (κ1) is 26.6. The Balaban J connectivity index is 2.71. The van der Waals surface area contributed by atoms with Crippen molar-refractivity contribution in [3.05, 3.63) is 23.0 Å². The van der Waals surface area contributed by atoms with E-state index in [9.17, 15) is 14.7 Å². The molecule has 0 aliphatic rings. The Hall–Kier alpha value is -3.39. The number of carbonyl (C=O) groups is 2. The van der Waals surface area contributed by atoms with Crippen molar-refractivity contribution in [3.63, 3.8) is 0 Å². The summed E-state index contributed by atoms with van der Waals surface area (Å²) in [5, 5.41) is 10.3. The Kier molecular flexibility index (Phi) is 9.87. The summed E-state index contributed by atoms with van der Waals surface area (Å²) >= 11 is 0. The minimum atomic E-state index is -0.911. The second-order valence-corrected chi connectivity index (χ2v) is 8.94. The molecule has 0 saturated heterocycles. The first-order valence-electron chi connectivity index (χ1n) is 10.0. The highest BCUT2D eigenvalue weighted by molar-refractivity contribution is 5.61. The maximum Gasteiger partial charge on any atom is 0.508 e. The topological polar surface area (TPSA) is 104 Å². The van der Waals surface area contributed by atoms with Crippen LogP contribution in [0.3, 0.4) is 0 Å². The minimum Gasteiger partial charge on any atom is -0.506 e. The molecule has 8 heteroatoms. The fraction of sp³-hybridized carbons (Fsp3) is 0.542. The van der Waals surface area contributed by atoms with Crippen LogP contribution in [0, 0.1) is 42.4 Å². The third-order valence-corrected chi connectivity index (χ3v) is 4.43. The Morgan fingerprint density at radius 3 is 1.88 bits per heavy atom. The highest BCUT2D eigenvalue weighted by Crippen LogP contribution is 2.26. The van der Waals surface area contributed by atoms with E-state index < -0.39 is 17.7 Å². The molecule has 1 N–H and O–H groups in total. The molecule has 32 heavy (non-hydrogen) atoms. The highest BCUT2D eigenvalue weighted by atomic mass is 16.7. The summed E-state index contributed by atoms with van der Waals surface area (Å²) in [7, 11) is 0. The molecule has 0 aromatic carbocycles. The highest BCUT2D eigenvalue weighted by Gasteiger charge is 2.22. The quantitative estimate of drug-likeness (QED) is 0.415. The van der Waals surface area contributed by atoms with Crippen LogP contribution in [-0.4, -0.2) is 35.6 Å². The monoisotopic (exact) mass is 445 g/mol. The van der Waals surface area contributed by atoms with Crippen LogP contribution < -0.4 is 0 Å². The first-order chi connectivity index (χ1) is 14.9. The summed E-state index contributed by atoms with van der Waals surface area (Å²) in [6, 6.07) is 0. The molecular formula is C24H31NO7. The van der Waals surface area contributed by atoms with Gasteiger partial charge in [-0.1, -0.05) is 27.7 Å². The number of rotatable bonds is 10. The van der Waals surface area contributed by atoms with Crippen molar-refractivity contribution < 1.29 is 33.6 Å². The summed E-state index contributed by atoms with van der Waals surface area (Å²) in [5.41, 5.74) is 0.156. The molecule has 0 saturated carbocycles. The molecule has 0 aliphatic carbocycles. The summed E-state index contributed by atoms with van der Waals surface area (Å²) in [4.78, 5) is 27.9. The number of ether oxygens (including phenoxy) is 4.